The number of nitrogens with one attached hydrogen (secondary N) is 2. The number of carbonyl (C=O) groups is 1. The Balaban J connectivity index is 2.01. The van der Waals surface area contributed by atoms with Gasteiger partial charge in [-0.2, -0.15) is 5.21 Å². The second-order valence-corrected chi connectivity index (χ2v) is 7.82. The molecule has 2 N–H and O–H groups in total. The molecule has 0 saturated heterocycles. The summed E-state index contributed by atoms with van der Waals surface area (Å²) in [5, 5.41) is 15.4. The summed E-state index contributed by atoms with van der Waals surface area (Å²) in [5.74, 6) is -0.620. The maximum Gasteiger partial charge on any atom is 0.269 e. The lowest BCUT2D eigenvalue weighted by Gasteiger charge is -2.34. The van der Waals surface area contributed by atoms with E-state index >= 15 is 0 Å². The van der Waals surface area contributed by atoms with Gasteiger partial charge in [0.05, 0.1) is 4.90 Å². The Kier molecular flexibility index (Phi) is 4.12. The molecule has 8 nitrogen and oxygen atoms in total. The van der Waals surface area contributed by atoms with Gasteiger partial charge in [-0.3, -0.25) is 10.1 Å². The molecule has 2 aromatic rings. The number of benzene rings is 1. The fourth-order valence-corrected chi connectivity index (χ4v) is 5.08. The van der Waals surface area contributed by atoms with Crippen LogP contribution in [-0.2, 0) is 14.6 Å². The Morgan fingerprint density at radius 1 is 1.13 bits per heavy atom. The van der Waals surface area contributed by atoms with E-state index in [0.29, 0.717) is 12.8 Å². The van der Waals surface area contributed by atoms with Crippen molar-refractivity contribution < 1.29 is 13.2 Å². The Morgan fingerprint density at radius 2 is 1.83 bits per heavy atom. The second kappa shape index (κ2) is 6.07. The molecule has 1 aliphatic carbocycles. The van der Waals surface area contributed by atoms with Crippen LogP contribution < -0.4 is 5.32 Å². The van der Waals surface area contributed by atoms with Crippen LogP contribution in [0.1, 0.15) is 32.1 Å². The van der Waals surface area contributed by atoms with Crippen LogP contribution in [0.2, 0.25) is 0 Å². The summed E-state index contributed by atoms with van der Waals surface area (Å²) in [6, 6.07) is 8.09. The minimum absolute atomic E-state index is 0.0248. The Labute approximate surface area is 133 Å². The normalized spacial score (nSPS) is 17.6. The third-order valence-electron chi connectivity index (χ3n) is 4.21. The maximum absolute atomic E-state index is 13.2. The summed E-state index contributed by atoms with van der Waals surface area (Å²) in [4.78, 5) is 13.0. The molecule has 1 fully saturated rings. The van der Waals surface area contributed by atoms with Gasteiger partial charge >= 0.3 is 0 Å². The zero-order chi connectivity index (χ0) is 16.3. The van der Waals surface area contributed by atoms with E-state index < -0.39 is 20.5 Å². The third kappa shape index (κ3) is 2.72. The Hall–Kier alpha value is -2.29. The first kappa shape index (κ1) is 15.6. The largest absolute Gasteiger partial charge is 0.290 e. The number of anilines is 1. The molecule has 0 aliphatic heterocycles. The highest BCUT2D eigenvalue weighted by Gasteiger charge is 2.51. The molecule has 0 bridgehead atoms. The average molecular weight is 335 g/mol. The first-order valence-corrected chi connectivity index (χ1v) is 8.89. The molecule has 0 spiro atoms. The summed E-state index contributed by atoms with van der Waals surface area (Å²) >= 11 is 0. The standard InChI is InChI=1S/C14H17N5O3S/c20-12(15-13-16-18-19-17-13)14(9-5-2-6-10-14)23(21,22)11-7-3-1-4-8-11/h1,3-4,7-8H,2,5-6,9-10H2,(H2,15,16,17,18,19,20). The average Bonchev–Trinajstić information content (AvgIpc) is 3.09. The van der Waals surface area contributed by atoms with E-state index in [2.05, 4.69) is 25.9 Å². The van der Waals surface area contributed by atoms with Crippen molar-refractivity contribution in [2.45, 2.75) is 41.7 Å². The van der Waals surface area contributed by atoms with Gasteiger partial charge in [-0.15, -0.1) is 5.10 Å². The quantitative estimate of drug-likeness (QED) is 0.870. The molecule has 0 atom stereocenters. The van der Waals surface area contributed by atoms with Crippen LogP contribution in [-0.4, -0.2) is 39.7 Å². The lowest BCUT2D eigenvalue weighted by atomic mass is 9.87. The van der Waals surface area contributed by atoms with Crippen LogP contribution in [0.5, 0.6) is 0 Å². The zero-order valence-electron chi connectivity index (χ0n) is 12.4. The molecule has 23 heavy (non-hydrogen) atoms. The van der Waals surface area contributed by atoms with Crippen molar-refractivity contribution in [2.24, 2.45) is 0 Å². The van der Waals surface area contributed by atoms with Gasteiger partial charge in [-0.25, -0.2) is 8.42 Å². The molecular formula is C14H17N5O3S. The first-order valence-electron chi connectivity index (χ1n) is 7.41. The summed E-state index contributed by atoms with van der Waals surface area (Å²) in [6.07, 6.45) is 2.86. The highest BCUT2D eigenvalue weighted by molar-refractivity contribution is 7.93. The molecule has 1 aromatic carbocycles. The van der Waals surface area contributed by atoms with Gasteiger partial charge in [-0.1, -0.05) is 42.6 Å². The van der Waals surface area contributed by atoms with Crippen LogP contribution in [0.4, 0.5) is 5.95 Å². The van der Waals surface area contributed by atoms with E-state index in [0.717, 1.165) is 6.42 Å². The first-order chi connectivity index (χ1) is 11.1. The number of nitrogens with zero attached hydrogens (tertiary/aromatic N) is 3. The lowest BCUT2D eigenvalue weighted by Crippen LogP contribution is -2.51. The van der Waals surface area contributed by atoms with E-state index in [4.69, 9.17) is 0 Å². The van der Waals surface area contributed by atoms with Crippen molar-refractivity contribution in [3.63, 3.8) is 0 Å². The van der Waals surface area contributed by atoms with E-state index in [1.807, 2.05) is 0 Å². The molecule has 122 valence electrons. The van der Waals surface area contributed by atoms with Crippen molar-refractivity contribution in [1.29, 1.82) is 0 Å². The van der Waals surface area contributed by atoms with Crippen LogP contribution in [0.25, 0.3) is 0 Å². The fraction of sp³-hybridized carbons (Fsp3) is 0.429. The number of aromatic amines is 1. The van der Waals surface area contributed by atoms with Crippen molar-refractivity contribution in [2.75, 3.05) is 5.32 Å². The van der Waals surface area contributed by atoms with E-state index in [1.54, 1.807) is 18.2 Å². The predicted octanol–water partition coefficient (Wildman–Crippen LogP) is 1.31. The van der Waals surface area contributed by atoms with E-state index in [9.17, 15) is 13.2 Å². The molecule has 0 radical (unpaired) electrons. The van der Waals surface area contributed by atoms with Crippen molar-refractivity contribution in [3.8, 4) is 0 Å². The smallest absolute Gasteiger partial charge is 0.269 e. The van der Waals surface area contributed by atoms with Crippen molar-refractivity contribution in [1.82, 2.24) is 20.6 Å². The highest BCUT2D eigenvalue weighted by atomic mass is 32.2. The molecule has 3 rings (SSSR count). The summed E-state index contributed by atoms with van der Waals surface area (Å²) in [7, 11) is -3.82. The minimum Gasteiger partial charge on any atom is -0.290 e. The van der Waals surface area contributed by atoms with E-state index in [1.165, 1.54) is 12.1 Å². The lowest BCUT2D eigenvalue weighted by molar-refractivity contribution is -0.119. The summed E-state index contributed by atoms with van der Waals surface area (Å²) < 4.78 is 24.8. The number of H-pyrrole nitrogens is 1. The number of carbonyl (C=O) groups excluding carboxylic acids is 1. The van der Waals surface area contributed by atoms with Gasteiger partial charge in [0.25, 0.3) is 5.95 Å². The van der Waals surface area contributed by atoms with Gasteiger partial charge < -0.3 is 0 Å². The monoisotopic (exact) mass is 335 g/mol. The van der Waals surface area contributed by atoms with Gasteiger partial charge in [0.15, 0.2) is 14.6 Å². The molecule has 1 aliphatic rings. The number of amides is 1. The number of aromatic nitrogens is 4. The number of sulfone groups is 1. The van der Waals surface area contributed by atoms with Crippen molar-refractivity contribution in [3.05, 3.63) is 30.3 Å². The van der Waals surface area contributed by atoms with Crippen LogP contribution >= 0.6 is 0 Å². The van der Waals surface area contributed by atoms with E-state index in [-0.39, 0.29) is 23.7 Å². The zero-order valence-corrected chi connectivity index (χ0v) is 13.2. The van der Waals surface area contributed by atoms with Crippen LogP contribution in [0, 0.1) is 0 Å². The molecule has 1 saturated carbocycles. The Bertz CT molecular complexity index is 768. The molecule has 1 aromatic heterocycles. The molecule has 9 heteroatoms. The number of rotatable bonds is 4. The topological polar surface area (TPSA) is 118 Å². The SMILES string of the molecule is O=C(Nc1nn[nH]n1)C1(S(=O)(=O)c2ccccc2)CCCCC1. The molecule has 1 amide bonds. The van der Waals surface area contributed by atoms with Gasteiger partial charge in [0.1, 0.15) is 0 Å². The molecular weight excluding hydrogens is 318 g/mol. The van der Waals surface area contributed by atoms with Crippen molar-refractivity contribution >= 4 is 21.7 Å². The summed E-state index contributed by atoms with van der Waals surface area (Å²) in [5.41, 5.74) is 0. The number of hydrogen-bond acceptors (Lipinski definition) is 6. The Morgan fingerprint density at radius 3 is 2.43 bits per heavy atom. The van der Waals surface area contributed by atoms with Crippen LogP contribution in [0.15, 0.2) is 35.2 Å². The predicted molar refractivity (Wildman–Crippen MR) is 82.3 cm³/mol. The van der Waals surface area contributed by atoms with Gasteiger partial charge in [0, 0.05) is 0 Å². The highest BCUT2D eigenvalue weighted by Crippen LogP contribution is 2.39. The summed E-state index contributed by atoms with van der Waals surface area (Å²) in [6.45, 7) is 0. The number of tetrazole rings is 1. The third-order valence-corrected chi connectivity index (χ3v) is 6.73. The van der Waals surface area contributed by atoms with Gasteiger partial charge in [0.2, 0.25) is 5.91 Å². The van der Waals surface area contributed by atoms with Crippen LogP contribution in [0.3, 0.4) is 0 Å². The molecule has 0 unspecified atom stereocenters. The maximum atomic E-state index is 13.2. The minimum atomic E-state index is -3.82. The van der Waals surface area contributed by atoms with Gasteiger partial charge in [-0.05, 0) is 30.2 Å². The second-order valence-electron chi connectivity index (χ2n) is 5.56. The molecule has 1 heterocycles. The number of hydrogen-bond donors (Lipinski definition) is 2. The fourth-order valence-electron chi connectivity index (χ4n) is 3.00.